The van der Waals surface area contributed by atoms with E-state index in [4.69, 9.17) is 9.47 Å². The van der Waals surface area contributed by atoms with Gasteiger partial charge in [-0.15, -0.1) is 0 Å². The molecule has 0 radical (unpaired) electrons. The monoisotopic (exact) mass is 453 g/mol. The van der Waals surface area contributed by atoms with Crippen LogP contribution in [0.15, 0.2) is 60.7 Å². The first-order chi connectivity index (χ1) is 16.0. The van der Waals surface area contributed by atoms with Crippen LogP contribution in [0.1, 0.15) is 32.6 Å². The minimum Gasteiger partial charge on any atom is -0.491 e. The van der Waals surface area contributed by atoms with Crippen molar-refractivity contribution in [3.63, 3.8) is 0 Å². The Kier molecular flexibility index (Phi) is 7.32. The summed E-state index contributed by atoms with van der Waals surface area (Å²) in [4.78, 5) is 13.5. The molecular formula is C26H25F2NO4. The molecule has 0 amide bonds. The van der Waals surface area contributed by atoms with Crippen molar-refractivity contribution in [3.8, 4) is 5.75 Å². The number of carboxylic acid groups (broad SMARTS) is 1. The third-order valence-corrected chi connectivity index (χ3v) is 5.56. The molecule has 0 saturated heterocycles. The summed E-state index contributed by atoms with van der Waals surface area (Å²) >= 11 is 0. The summed E-state index contributed by atoms with van der Waals surface area (Å²) in [5.74, 6) is -2.04. The van der Waals surface area contributed by atoms with Crippen LogP contribution in [-0.4, -0.2) is 42.3 Å². The van der Waals surface area contributed by atoms with E-state index in [-0.39, 0.29) is 12.1 Å². The van der Waals surface area contributed by atoms with E-state index in [2.05, 4.69) is 0 Å². The van der Waals surface area contributed by atoms with Crippen LogP contribution in [0.4, 0.5) is 8.78 Å². The summed E-state index contributed by atoms with van der Waals surface area (Å²) in [6.45, 7) is 2.40. The second-order valence-corrected chi connectivity index (χ2v) is 8.01. The van der Waals surface area contributed by atoms with Gasteiger partial charge in [-0.05, 0) is 41.0 Å². The highest BCUT2D eigenvalue weighted by molar-refractivity contribution is 5.88. The van der Waals surface area contributed by atoms with Crippen LogP contribution in [-0.2, 0) is 24.2 Å². The minimum atomic E-state index is -0.991. The smallest absolute Gasteiger partial charge is 0.335 e. The number of nitrogens with zero attached hydrogens (tertiary/aromatic N) is 1. The molecular weight excluding hydrogens is 428 g/mol. The van der Waals surface area contributed by atoms with Gasteiger partial charge in [-0.2, -0.15) is 0 Å². The van der Waals surface area contributed by atoms with Crippen LogP contribution in [0.2, 0.25) is 0 Å². The van der Waals surface area contributed by atoms with Gasteiger partial charge in [0.1, 0.15) is 12.4 Å². The van der Waals surface area contributed by atoms with Gasteiger partial charge in [0.05, 0.1) is 18.8 Å². The van der Waals surface area contributed by atoms with Crippen LogP contribution < -0.4 is 4.74 Å². The predicted octanol–water partition coefficient (Wildman–Crippen LogP) is 4.67. The number of ether oxygens (including phenoxy) is 2. The number of carboxylic acids is 1. The molecule has 0 fully saturated rings. The molecule has 2 bridgehead atoms. The van der Waals surface area contributed by atoms with Crippen LogP contribution >= 0.6 is 0 Å². The zero-order valence-electron chi connectivity index (χ0n) is 18.1. The van der Waals surface area contributed by atoms with Crippen LogP contribution in [0.5, 0.6) is 5.75 Å². The zero-order valence-corrected chi connectivity index (χ0v) is 18.1. The van der Waals surface area contributed by atoms with Crippen molar-refractivity contribution >= 4 is 5.97 Å². The number of rotatable bonds is 3. The van der Waals surface area contributed by atoms with E-state index in [1.54, 1.807) is 18.2 Å². The average Bonchev–Trinajstić information content (AvgIpc) is 2.79. The first-order valence-electron chi connectivity index (χ1n) is 10.8. The molecule has 1 N–H and O–H groups in total. The molecule has 0 saturated carbocycles. The average molecular weight is 453 g/mol. The normalized spacial score (nSPS) is 15.2. The highest BCUT2D eigenvalue weighted by atomic mass is 19.2. The van der Waals surface area contributed by atoms with Crippen molar-refractivity contribution < 1.29 is 28.2 Å². The first kappa shape index (κ1) is 22.9. The SMILES string of the molecule is O=C(O)c1ccc2c(c1)Cc1cccc(c1)CN(Cc1cccc(F)c1F)CCOCCO2. The van der Waals surface area contributed by atoms with Crippen LogP contribution in [0, 0.1) is 11.6 Å². The van der Waals surface area contributed by atoms with Crippen molar-refractivity contribution in [1.29, 1.82) is 0 Å². The quantitative estimate of drug-likeness (QED) is 0.625. The molecule has 5 nitrogen and oxygen atoms in total. The van der Waals surface area contributed by atoms with Crippen molar-refractivity contribution in [2.24, 2.45) is 0 Å². The molecule has 3 aromatic carbocycles. The van der Waals surface area contributed by atoms with Gasteiger partial charge in [0.15, 0.2) is 11.6 Å². The largest absolute Gasteiger partial charge is 0.491 e. The van der Waals surface area contributed by atoms with Crippen LogP contribution in [0.3, 0.4) is 0 Å². The number of hydrogen-bond donors (Lipinski definition) is 1. The highest BCUT2D eigenvalue weighted by Gasteiger charge is 2.15. The summed E-state index contributed by atoms with van der Waals surface area (Å²) in [7, 11) is 0. The summed E-state index contributed by atoms with van der Waals surface area (Å²) in [5, 5.41) is 9.37. The number of carbonyl (C=O) groups is 1. The molecule has 33 heavy (non-hydrogen) atoms. The highest BCUT2D eigenvalue weighted by Crippen LogP contribution is 2.25. The predicted molar refractivity (Wildman–Crippen MR) is 119 cm³/mol. The second-order valence-electron chi connectivity index (χ2n) is 8.01. The zero-order chi connectivity index (χ0) is 23.2. The maximum absolute atomic E-state index is 14.3. The number of aromatic carboxylic acids is 1. The molecule has 0 aromatic heterocycles. The Bertz CT molecular complexity index is 1140. The van der Waals surface area contributed by atoms with E-state index in [1.165, 1.54) is 12.1 Å². The van der Waals surface area contributed by atoms with Crippen molar-refractivity contribution in [2.45, 2.75) is 19.5 Å². The Labute approximate surface area is 191 Å². The molecule has 3 aromatic rings. The van der Waals surface area contributed by atoms with E-state index in [9.17, 15) is 18.7 Å². The summed E-state index contributed by atoms with van der Waals surface area (Å²) < 4.78 is 39.5. The fourth-order valence-corrected chi connectivity index (χ4v) is 3.94. The molecule has 1 heterocycles. The van der Waals surface area contributed by atoms with Crippen molar-refractivity contribution in [1.82, 2.24) is 4.90 Å². The van der Waals surface area contributed by atoms with Gasteiger partial charge in [0.25, 0.3) is 0 Å². The number of benzene rings is 3. The van der Waals surface area contributed by atoms with E-state index in [1.807, 2.05) is 29.2 Å². The lowest BCUT2D eigenvalue weighted by Gasteiger charge is -2.24. The molecule has 0 spiro atoms. The van der Waals surface area contributed by atoms with E-state index in [0.29, 0.717) is 50.6 Å². The second kappa shape index (κ2) is 10.6. The molecule has 0 unspecified atom stereocenters. The lowest BCUT2D eigenvalue weighted by molar-refractivity contribution is 0.0695. The van der Waals surface area contributed by atoms with Crippen molar-refractivity contribution in [2.75, 3.05) is 26.4 Å². The van der Waals surface area contributed by atoms with Gasteiger partial charge in [-0.1, -0.05) is 36.4 Å². The van der Waals surface area contributed by atoms with Gasteiger partial charge in [0, 0.05) is 31.6 Å². The van der Waals surface area contributed by atoms with Gasteiger partial charge in [-0.25, -0.2) is 13.6 Å². The van der Waals surface area contributed by atoms with Gasteiger partial charge >= 0.3 is 5.97 Å². The van der Waals surface area contributed by atoms with Crippen LogP contribution in [0.25, 0.3) is 0 Å². The number of hydrogen-bond acceptors (Lipinski definition) is 4. The Hall–Kier alpha value is -3.29. The third-order valence-electron chi connectivity index (χ3n) is 5.56. The fraction of sp³-hybridized carbons (Fsp3) is 0.269. The molecule has 1 aliphatic rings. The minimum absolute atomic E-state index is 0.203. The maximum atomic E-state index is 14.3. The number of halogens is 2. The molecule has 7 heteroatoms. The lowest BCUT2D eigenvalue weighted by Crippen LogP contribution is -2.28. The topological polar surface area (TPSA) is 59.0 Å². The fourth-order valence-electron chi connectivity index (χ4n) is 3.94. The van der Waals surface area contributed by atoms with E-state index >= 15 is 0 Å². The first-order valence-corrected chi connectivity index (χ1v) is 10.8. The Morgan fingerprint density at radius 1 is 0.970 bits per heavy atom. The molecule has 0 aliphatic carbocycles. The Morgan fingerprint density at radius 2 is 1.79 bits per heavy atom. The molecule has 172 valence electrons. The lowest BCUT2D eigenvalue weighted by atomic mass is 10.00. The summed E-state index contributed by atoms with van der Waals surface area (Å²) in [6.07, 6.45) is 0.504. The van der Waals surface area contributed by atoms with E-state index < -0.39 is 17.6 Å². The Morgan fingerprint density at radius 3 is 2.64 bits per heavy atom. The molecule has 0 atom stereocenters. The molecule has 1 aliphatic heterocycles. The third kappa shape index (κ3) is 5.94. The summed E-state index contributed by atoms with van der Waals surface area (Å²) in [6, 6.07) is 17.0. The summed E-state index contributed by atoms with van der Waals surface area (Å²) in [5.41, 5.74) is 3.30. The van der Waals surface area contributed by atoms with Gasteiger partial charge in [-0.3, -0.25) is 4.90 Å². The molecule has 4 rings (SSSR count). The number of fused-ring (bicyclic) bond motifs is 3. The van der Waals surface area contributed by atoms with Crippen molar-refractivity contribution in [3.05, 3.63) is 100 Å². The van der Waals surface area contributed by atoms with Gasteiger partial charge < -0.3 is 14.6 Å². The van der Waals surface area contributed by atoms with Gasteiger partial charge in [0.2, 0.25) is 0 Å². The standard InChI is InChI=1S/C26H25F2NO4/c27-23-6-2-5-21(25(23)28)17-29-9-10-32-11-12-33-24-8-7-20(26(30)31)15-22(24)14-18-3-1-4-19(13-18)16-29/h1-8,13,15H,9-12,14,16-17H2,(H,30,31). The maximum Gasteiger partial charge on any atom is 0.335 e. The Balaban J connectivity index is 1.61. The van der Waals surface area contributed by atoms with E-state index in [0.717, 1.165) is 22.8 Å².